The van der Waals surface area contributed by atoms with Gasteiger partial charge in [-0.3, -0.25) is 9.59 Å². The lowest BCUT2D eigenvalue weighted by Gasteiger charge is -2.31. The number of aliphatic carboxylic acids is 1. The summed E-state index contributed by atoms with van der Waals surface area (Å²) in [5, 5.41) is 12.6. The van der Waals surface area contributed by atoms with Gasteiger partial charge in [0.2, 0.25) is 5.91 Å². The predicted molar refractivity (Wildman–Crippen MR) is 87.0 cm³/mol. The quantitative estimate of drug-likeness (QED) is 0.867. The number of thioether (sulfide) groups is 1. The van der Waals surface area contributed by atoms with Gasteiger partial charge in [0.25, 0.3) is 0 Å². The number of carboxylic acids is 1. The highest BCUT2D eigenvalue weighted by Gasteiger charge is 2.41. The average Bonchev–Trinajstić information content (AvgIpc) is 2.92. The molecule has 2 unspecified atom stereocenters. The van der Waals surface area contributed by atoms with Crippen LogP contribution >= 0.6 is 11.8 Å². The molecule has 2 aliphatic carbocycles. The summed E-state index contributed by atoms with van der Waals surface area (Å²) in [6.07, 6.45) is 6.52. The first-order valence-electron chi connectivity index (χ1n) is 7.94. The Kier molecular flexibility index (Phi) is 4.71. The van der Waals surface area contributed by atoms with Gasteiger partial charge in [0.05, 0.1) is 11.8 Å². The second-order valence-electron chi connectivity index (χ2n) is 6.17. The third kappa shape index (κ3) is 3.46. The first-order chi connectivity index (χ1) is 10.6. The van der Waals surface area contributed by atoms with Crippen molar-refractivity contribution in [2.24, 2.45) is 11.8 Å². The Hall–Kier alpha value is -1.49. The SMILES string of the molecule is O=C(O)C1CCC1C(=O)Nc1ccc(SC2CCCC2)cc1. The zero-order valence-electron chi connectivity index (χ0n) is 12.5. The third-order valence-corrected chi connectivity index (χ3v) is 6.00. The van der Waals surface area contributed by atoms with E-state index in [0.29, 0.717) is 12.8 Å². The molecule has 5 heteroatoms. The molecule has 3 rings (SSSR count). The molecule has 4 nitrogen and oxygen atoms in total. The van der Waals surface area contributed by atoms with Gasteiger partial charge in [-0.25, -0.2) is 0 Å². The summed E-state index contributed by atoms with van der Waals surface area (Å²) in [5.74, 6) is -1.94. The number of rotatable bonds is 5. The maximum absolute atomic E-state index is 12.1. The largest absolute Gasteiger partial charge is 0.481 e. The highest BCUT2D eigenvalue weighted by Crippen LogP contribution is 2.36. The van der Waals surface area contributed by atoms with Crippen molar-refractivity contribution in [1.82, 2.24) is 0 Å². The van der Waals surface area contributed by atoms with Gasteiger partial charge in [-0.1, -0.05) is 12.8 Å². The minimum atomic E-state index is -0.866. The van der Waals surface area contributed by atoms with Crippen molar-refractivity contribution in [3.8, 4) is 0 Å². The van der Waals surface area contributed by atoms with E-state index in [-0.39, 0.29) is 11.8 Å². The Morgan fingerprint density at radius 3 is 2.18 bits per heavy atom. The van der Waals surface area contributed by atoms with E-state index in [1.165, 1.54) is 30.6 Å². The van der Waals surface area contributed by atoms with Gasteiger partial charge in [0, 0.05) is 15.8 Å². The van der Waals surface area contributed by atoms with Crippen molar-refractivity contribution in [3.63, 3.8) is 0 Å². The molecule has 2 fully saturated rings. The van der Waals surface area contributed by atoms with E-state index >= 15 is 0 Å². The molecule has 2 aliphatic rings. The molecule has 0 bridgehead atoms. The Morgan fingerprint density at radius 2 is 1.64 bits per heavy atom. The molecule has 1 aromatic carbocycles. The fourth-order valence-electron chi connectivity index (χ4n) is 3.16. The fourth-order valence-corrected chi connectivity index (χ4v) is 4.41. The predicted octanol–water partition coefficient (Wildman–Crippen LogP) is 3.77. The number of hydrogen-bond acceptors (Lipinski definition) is 3. The number of amides is 1. The lowest BCUT2D eigenvalue weighted by Crippen LogP contribution is -2.41. The molecular formula is C17H21NO3S. The highest BCUT2D eigenvalue weighted by atomic mass is 32.2. The van der Waals surface area contributed by atoms with Crippen LogP contribution in [-0.4, -0.2) is 22.2 Å². The van der Waals surface area contributed by atoms with Gasteiger partial charge in [0.15, 0.2) is 0 Å². The van der Waals surface area contributed by atoms with Gasteiger partial charge in [-0.05, 0) is 49.9 Å². The van der Waals surface area contributed by atoms with Crippen molar-refractivity contribution >= 4 is 29.3 Å². The van der Waals surface area contributed by atoms with E-state index in [0.717, 1.165) is 10.9 Å². The number of anilines is 1. The minimum absolute atomic E-state index is 0.171. The van der Waals surface area contributed by atoms with E-state index in [2.05, 4.69) is 5.32 Å². The highest BCUT2D eigenvalue weighted by molar-refractivity contribution is 8.00. The number of hydrogen-bond donors (Lipinski definition) is 2. The monoisotopic (exact) mass is 319 g/mol. The molecule has 1 aromatic rings. The van der Waals surface area contributed by atoms with Crippen LogP contribution in [0, 0.1) is 11.8 Å². The normalized spacial score (nSPS) is 24.7. The molecule has 1 amide bonds. The molecule has 22 heavy (non-hydrogen) atoms. The summed E-state index contributed by atoms with van der Waals surface area (Å²) in [7, 11) is 0. The number of carbonyl (C=O) groups is 2. The maximum Gasteiger partial charge on any atom is 0.307 e. The average molecular weight is 319 g/mol. The Labute approximate surface area is 134 Å². The topological polar surface area (TPSA) is 66.4 Å². The van der Waals surface area contributed by atoms with Crippen LogP contribution in [-0.2, 0) is 9.59 Å². The zero-order valence-corrected chi connectivity index (χ0v) is 13.3. The first kappa shape index (κ1) is 15.4. The molecule has 2 atom stereocenters. The van der Waals surface area contributed by atoms with Crippen LogP contribution < -0.4 is 5.32 Å². The van der Waals surface area contributed by atoms with E-state index < -0.39 is 11.9 Å². The molecule has 2 saturated carbocycles. The maximum atomic E-state index is 12.1. The van der Waals surface area contributed by atoms with Crippen LogP contribution in [0.1, 0.15) is 38.5 Å². The summed E-state index contributed by atoms with van der Waals surface area (Å²) in [4.78, 5) is 24.3. The molecule has 0 aliphatic heterocycles. The Morgan fingerprint density at radius 1 is 1.00 bits per heavy atom. The molecule has 0 heterocycles. The van der Waals surface area contributed by atoms with E-state index in [1.807, 2.05) is 36.0 Å². The molecule has 0 saturated heterocycles. The van der Waals surface area contributed by atoms with Crippen LogP contribution in [0.5, 0.6) is 0 Å². The van der Waals surface area contributed by atoms with Crippen LogP contribution in [0.25, 0.3) is 0 Å². The Bertz CT molecular complexity index is 552. The number of carbonyl (C=O) groups excluding carboxylic acids is 1. The number of carboxylic acid groups (broad SMARTS) is 1. The van der Waals surface area contributed by atoms with Gasteiger partial charge in [0.1, 0.15) is 0 Å². The van der Waals surface area contributed by atoms with E-state index in [4.69, 9.17) is 5.11 Å². The van der Waals surface area contributed by atoms with Crippen LogP contribution in [0.3, 0.4) is 0 Å². The van der Waals surface area contributed by atoms with Crippen LogP contribution in [0.4, 0.5) is 5.69 Å². The zero-order chi connectivity index (χ0) is 15.5. The Balaban J connectivity index is 1.54. The second-order valence-corrected chi connectivity index (χ2v) is 7.54. The lowest BCUT2D eigenvalue weighted by molar-refractivity contribution is -0.151. The molecule has 0 radical (unpaired) electrons. The lowest BCUT2D eigenvalue weighted by atomic mass is 9.73. The first-order valence-corrected chi connectivity index (χ1v) is 8.82. The molecule has 118 valence electrons. The summed E-state index contributed by atoms with van der Waals surface area (Å²) < 4.78 is 0. The van der Waals surface area contributed by atoms with Crippen molar-refractivity contribution in [3.05, 3.63) is 24.3 Å². The third-order valence-electron chi connectivity index (χ3n) is 4.66. The van der Waals surface area contributed by atoms with Gasteiger partial charge in [-0.2, -0.15) is 0 Å². The summed E-state index contributed by atoms with van der Waals surface area (Å²) >= 11 is 1.91. The fraction of sp³-hybridized carbons (Fsp3) is 0.529. The van der Waals surface area contributed by atoms with E-state index in [9.17, 15) is 9.59 Å². The van der Waals surface area contributed by atoms with Gasteiger partial charge >= 0.3 is 5.97 Å². The van der Waals surface area contributed by atoms with Crippen LogP contribution in [0.2, 0.25) is 0 Å². The second kappa shape index (κ2) is 6.73. The molecule has 2 N–H and O–H groups in total. The van der Waals surface area contributed by atoms with Gasteiger partial charge in [-0.15, -0.1) is 11.8 Å². The summed E-state index contributed by atoms with van der Waals surface area (Å²) in [6.45, 7) is 0. The molecule has 0 aromatic heterocycles. The van der Waals surface area contributed by atoms with Crippen molar-refractivity contribution < 1.29 is 14.7 Å². The molecule has 0 spiro atoms. The van der Waals surface area contributed by atoms with Crippen molar-refractivity contribution in [2.75, 3.05) is 5.32 Å². The van der Waals surface area contributed by atoms with E-state index in [1.54, 1.807) is 0 Å². The smallest absolute Gasteiger partial charge is 0.307 e. The van der Waals surface area contributed by atoms with Gasteiger partial charge < -0.3 is 10.4 Å². The van der Waals surface area contributed by atoms with Crippen molar-refractivity contribution in [1.29, 1.82) is 0 Å². The number of benzene rings is 1. The molecular weight excluding hydrogens is 298 g/mol. The standard InChI is InChI=1S/C17H21NO3S/c19-16(14-9-10-15(14)17(20)21)18-11-5-7-13(8-6-11)22-12-3-1-2-4-12/h5-8,12,14-15H,1-4,9-10H2,(H,18,19)(H,20,21). The van der Waals surface area contributed by atoms with Crippen molar-refractivity contribution in [2.45, 2.75) is 48.7 Å². The summed E-state index contributed by atoms with van der Waals surface area (Å²) in [5.41, 5.74) is 0.747. The summed E-state index contributed by atoms with van der Waals surface area (Å²) in [6, 6.07) is 7.88. The minimum Gasteiger partial charge on any atom is -0.481 e. The number of nitrogens with one attached hydrogen (secondary N) is 1. The van der Waals surface area contributed by atoms with Crippen LogP contribution in [0.15, 0.2) is 29.2 Å².